The molecule has 192 valence electrons. The van der Waals surface area contributed by atoms with E-state index in [1.54, 1.807) is 31.1 Å². The van der Waals surface area contributed by atoms with Crippen LogP contribution in [-0.4, -0.2) is 44.1 Å². The van der Waals surface area contributed by atoms with Crippen LogP contribution in [0.5, 0.6) is 0 Å². The molecule has 1 aliphatic carbocycles. The van der Waals surface area contributed by atoms with Crippen LogP contribution >= 0.6 is 0 Å². The maximum Gasteiger partial charge on any atom is 0.253 e. The average molecular weight is 518 g/mol. The first-order valence-corrected chi connectivity index (χ1v) is 14.6. The van der Waals surface area contributed by atoms with Crippen LogP contribution in [0.1, 0.15) is 29.7 Å². The number of aryl methyl sites for hydroxylation is 2. The first-order valence-electron chi connectivity index (χ1n) is 12.2. The van der Waals surface area contributed by atoms with Crippen molar-refractivity contribution < 1.29 is 14.1 Å². The molecule has 0 radical (unpaired) electrons. The van der Waals surface area contributed by atoms with Crippen molar-refractivity contribution in [3.05, 3.63) is 94.0 Å². The van der Waals surface area contributed by atoms with Crippen molar-refractivity contribution in [3.8, 4) is 11.1 Å². The molecule has 1 unspecified atom stereocenters. The summed E-state index contributed by atoms with van der Waals surface area (Å²) in [5.74, 6) is 0.330. The molecular formula is C29H31N3O4S. The standard InChI is InChI=1S/C29H31N3O4S/c1-19-14-22(17-32(2)28(19)34)20-10-11-21-16-26(31-37(3,4)35)30-27(25(21)15-20)29(18-33,36-24-12-13-24)23-8-6-5-7-9-23/h5-11,14-17,24,33H,12-13,18H2,1-4H3. The fourth-order valence-corrected chi connectivity index (χ4v) is 5.21. The van der Waals surface area contributed by atoms with Gasteiger partial charge in [0.05, 0.1) is 18.4 Å². The van der Waals surface area contributed by atoms with E-state index in [-0.39, 0.29) is 18.3 Å². The number of rotatable bonds is 7. The molecule has 4 aromatic rings. The van der Waals surface area contributed by atoms with E-state index in [0.29, 0.717) is 17.1 Å². The first kappa shape index (κ1) is 25.3. The molecule has 2 heterocycles. The van der Waals surface area contributed by atoms with E-state index in [1.807, 2.05) is 66.9 Å². The van der Waals surface area contributed by atoms with Crippen molar-refractivity contribution in [2.24, 2.45) is 11.4 Å². The van der Waals surface area contributed by atoms with Gasteiger partial charge in [0.15, 0.2) is 11.4 Å². The van der Waals surface area contributed by atoms with E-state index in [4.69, 9.17) is 9.72 Å². The highest BCUT2D eigenvalue weighted by Crippen LogP contribution is 2.43. The Morgan fingerprint density at radius 2 is 1.84 bits per heavy atom. The minimum atomic E-state index is -2.48. The van der Waals surface area contributed by atoms with Gasteiger partial charge in [0.1, 0.15) is 0 Å². The fourth-order valence-electron chi connectivity index (χ4n) is 4.67. The normalized spacial score (nSPS) is 15.5. The highest BCUT2D eigenvalue weighted by atomic mass is 32.2. The zero-order valence-corrected chi connectivity index (χ0v) is 22.3. The van der Waals surface area contributed by atoms with E-state index in [2.05, 4.69) is 4.36 Å². The highest BCUT2D eigenvalue weighted by Gasteiger charge is 2.43. The molecule has 37 heavy (non-hydrogen) atoms. The molecule has 0 amide bonds. The number of aliphatic hydroxyl groups excluding tert-OH is 1. The van der Waals surface area contributed by atoms with Crippen LogP contribution in [0.3, 0.4) is 0 Å². The second-order valence-corrected chi connectivity index (χ2v) is 12.6. The van der Waals surface area contributed by atoms with Gasteiger partial charge in [-0.2, -0.15) is 4.36 Å². The third kappa shape index (κ3) is 5.09. The molecule has 0 aliphatic heterocycles. The molecule has 0 saturated heterocycles. The summed E-state index contributed by atoms with van der Waals surface area (Å²) in [5, 5.41) is 12.6. The van der Waals surface area contributed by atoms with Gasteiger partial charge in [0.25, 0.3) is 5.56 Å². The summed E-state index contributed by atoms with van der Waals surface area (Å²) in [6.45, 7) is 1.48. The van der Waals surface area contributed by atoms with Gasteiger partial charge in [-0.25, -0.2) is 9.19 Å². The summed E-state index contributed by atoms with van der Waals surface area (Å²) in [6.07, 6.45) is 6.80. The molecule has 2 aromatic heterocycles. The van der Waals surface area contributed by atoms with E-state index in [9.17, 15) is 14.1 Å². The Hall–Kier alpha value is -3.33. The summed E-state index contributed by atoms with van der Waals surface area (Å²) in [4.78, 5) is 17.2. The Kier molecular flexibility index (Phi) is 6.52. The van der Waals surface area contributed by atoms with Crippen molar-refractivity contribution in [1.29, 1.82) is 0 Å². The van der Waals surface area contributed by atoms with Gasteiger partial charge < -0.3 is 14.4 Å². The van der Waals surface area contributed by atoms with Gasteiger partial charge in [-0.3, -0.25) is 4.79 Å². The number of pyridine rings is 2. The van der Waals surface area contributed by atoms with Gasteiger partial charge in [-0.05, 0) is 60.0 Å². The quantitative estimate of drug-likeness (QED) is 0.384. The Balaban J connectivity index is 1.84. The van der Waals surface area contributed by atoms with E-state index < -0.39 is 15.3 Å². The molecular weight excluding hydrogens is 486 g/mol. The van der Waals surface area contributed by atoms with E-state index in [0.717, 1.165) is 40.3 Å². The Morgan fingerprint density at radius 1 is 1.11 bits per heavy atom. The van der Waals surface area contributed by atoms with Gasteiger partial charge in [0.2, 0.25) is 0 Å². The Labute approximate surface area is 217 Å². The average Bonchev–Trinajstić information content (AvgIpc) is 3.68. The van der Waals surface area contributed by atoms with Crippen molar-refractivity contribution in [1.82, 2.24) is 9.55 Å². The molecule has 2 aromatic carbocycles. The third-order valence-corrected chi connectivity index (χ3v) is 7.19. The van der Waals surface area contributed by atoms with Crippen molar-refractivity contribution in [3.63, 3.8) is 0 Å². The van der Waals surface area contributed by atoms with Crippen LogP contribution in [-0.2, 0) is 27.1 Å². The predicted octanol–water partition coefficient (Wildman–Crippen LogP) is 4.68. The number of nitrogens with zero attached hydrogens (tertiary/aromatic N) is 3. The fraction of sp³-hybridized carbons (Fsp3) is 0.310. The van der Waals surface area contributed by atoms with Gasteiger partial charge in [-0.1, -0.05) is 42.5 Å². The van der Waals surface area contributed by atoms with Gasteiger partial charge >= 0.3 is 0 Å². The van der Waals surface area contributed by atoms with Gasteiger partial charge in [0, 0.05) is 46.4 Å². The summed E-state index contributed by atoms with van der Waals surface area (Å²) < 4.78 is 25.2. The minimum absolute atomic E-state index is 0.0147. The first-order chi connectivity index (χ1) is 17.6. The maximum absolute atomic E-state index is 12.6. The van der Waals surface area contributed by atoms with Crippen molar-refractivity contribution in [2.75, 3.05) is 19.1 Å². The van der Waals surface area contributed by atoms with Crippen molar-refractivity contribution >= 4 is 26.3 Å². The number of fused-ring (bicyclic) bond motifs is 1. The summed E-state index contributed by atoms with van der Waals surface area (Å²) in [7, 11) is -0.739. The topological polar surface area (TPSA) is 93.8 Å². The lowest BCUT2D eigenvalue weighted by molar-refractivity contribution is -0.0671. The zero-order chi connectivity index (χ0) is 26.4. The Morgan fingerprint density at radius 3 is 2.46 bits per heavy atom. The van der Waals surface area contributed by atoms with E-state index >= 15 is 0 Å². The molecule has 1 N–H and O–H groups in total. The lowest BCUT2D eigenvalue weighted by atomic mass is 9.86. The van der Waals surface area contributed by atoms with Crippen LogP contribution in [0.25, 0.3) is 21.9 Å². The summed E-state index contributed by atoms with van der Waals surface area (Å²) in [6, 6.07) is 19.3. The number of ether oxygens (including phenoxy) is 1. The van der Waals surface area contributed by atoms with Gasteiger partial charge in [-0.15, -0.1) is 0 Å². The lowest BCUT2D eigenvalue weighted by Gasteiger charge is -2.33. The Bertz CT molecular complexity index is 1630. The van der Waals surface area contributed by atoms with Crippen molar-refractivity contribution in [2.45, 2.75) is 31.5 Å². The highest BCUT2D eigenvalue weighted by molar-refractivity contribution is 7.92. The smallest absolute Gasteiger partial charge is 0.253 e. The monoisotopic (exact) mass is 517 g/mol. The zero-order valence-electron chi connectivity index (χ0n) is 21.5. The molecule has 1 atom stereocenters. The number of hydrogen-bond acceptors (Lipinski definition) is 6. The predicted molar refractivity (Wildman–Crippen MR) is 148 cm³/mol. The third-order valence-electron chi connectivity index (χ3n) is 6.57. The molecule has 1 aliphatic rings. The molecule has 7 nitrogen and oxygen atoms in total. The van der Waals surface area contributed by atoms with Crippen LogP contribution in [0.2, 0.25) is 0 Å². The number of benzene rings is 2. The molecule has 0 spiro atoms. The molecule has 8 heteroatoms. The SMILES string of the molecule is Cc1cc(-c2ccc3cc(N=S(C)(C)=O)nc(C(CO)(OC4CC4)c4ccccc4)c3c2)cn(C)c1=O. The minimum Gasteiger partial charge on any atom is -0.393 e. The van der Waals surface area contributed by atoms with Crippen LogP contribution in [0, 0.1) is 6.92 Å². The summed E-state index contributed by atoms with van der Waals surface area (Å²) in [5.41, 5.74) is 2.49. The number of aliphatic hydroxyl groups is 1. The van der Waals surface area contributed by atoms with E-state index in [1.165, 1.54) is 0 Å². The number of hydrogen-bond donors (Lipinski definition) is 1. The molecule has 0 bridgehead atoms. The molecule has 5 rings (SSSR count). The maximum atomic E-state index is 12.6. The second kappa shape index (κ2) is 9.52. The summed E-state index contributed by atoms with van der Waals surface area (Å²) >= 11 is 0. The van der Waals surface area contributed by atoms with Crippen LogP contribution in [0.4, 0.5) is 5.82 Å². The largest absolute Gasteiger partial charge is 0.393 e. The molecule has 1 fully saturated rings. The number of aromatic nitrogens is 2. The van der Waals surface area contributed by atoms with Crippen LogP contribution in [0.15, 0.2) is 76.0 Å². The van der Waals surface area contributed by atoms with Crippen LogP contribution < -0.4 is 5.56 Å². The molecule has 1 saturated carbocycles. The lowest BCUT2D eigenvalue weighted by Crippen LogP contribution is -2.37. The second-order valence-electron chi connectivity index (χ2n) is 10.0.